The maximum atomic E-state index is 5.21. The Morgan fingerprint density at radius 1 is 0.344 bits per heavy atom. The summed E-state index contributed by atoms with van der Waals surface area (Å²) in [6.07, 6.45) is 0. The smallest absolute Gasteiger partial charge is 0.160 e. The summed E-state index contributed by atoms with van der Waals surface area (Å²) in [4.78, 5) is 15.6. The molecule has 0 unspecified atom stereocenters. The van der Waals surface area contributed by atoms with Gasteiger partial charge in [0, 0.05) is 75.0 Å². The van der Waals surface area contributed by atoms with Crippen LogP contribution in [0.25, 0.3) is 126 Å². The zero-order valence-corrected chi connectivity index (χ0v) is 35.3. The fourth-order valence-corrected chi connectivity index (χ4v) is 11.0. The van der Waals surface area contributed by atoms with Gasteiger partial charge in [0.05, 0.1) is 33.6 Å². The van der Waals surface area contributed by atoms with Gasteiger partial charge in [-0.3, -0.25) is 0 Å². The molecule has 0 bridgehead atoms. The third kappa shape index (κ3) is 5.86. The Bertz CT molecular complexity index is 3930. The Balaban J connectivity index is 0.937. The Kier molecular flexibility index (Phi) is 8.36. The topological polar surface area (TPSA) is 43.6 Å². The first kappa shape index (κ1) is 36.4. The Labute approximate surface area is 373 Å². The predicted octanol–water partition coefficient (Wildman–Crippen LogP) is 16.0. The lowest BCUT2D eigenvalue weighted by Gasteiger charge is -2.11. The average Bonchev–Trinajstić information content (AvgIpc) is 3.93. The molecule has 0 aliphatic heterocycles. The maximum absolute atomic E-state index is 5.21. The van der Waals surface area contributed by atoms with Gasteiger partial charge in [-0.2, -0.15) is 0 Å². The largest absolute Gasteiger partial charge is 0.309 e. The molecule has 0 aliphatic carbocycles. The van der Waals surface area contributed by atoms with E-state index >= 15 is 0 Å². The molecule has 4 heterocycles. The highest BCUT2D eigenvalue weighted by atomic mass is 32.1. The second kappa shape index (κ2) is 14.7. The molecule has 0 N–H and O–H groups in total. The second-order valence-electron chi connectivity index (χ2n) is 16.3. The monoisotopic (exact) mass is 832 g/mol. The van der Waals surface area contributed by atoms with Crippen LogP contribution < -0.4 is 0 Å². The number of benzene rings is 9. The van der Waals surface area contributed by atoms with E-state index in [1.54, 1.807) is 0 Å². The van der Waals surface area contributed by atoms with E-state index in [2.05, 4.69) is 205 Å². The van der Waals surface area contributed by atoms with Crippen LogP contribution in [0, 0.1) is 0 Å². The predicted molar refractivity (Wildman–Crippen MR) is 269 cm³/mol. The summed E-state index contributed by atoms with van der Waals surface area (Å²) in [6.45, 7) is 0. The van der Waals surface area contributed by atoms with Crippen LogP contribution in [0.5, 0.6) is 0 Å². The third-order valence-corrected chi connectivity index (χ3v) is 13.9. The van der Waals surface area contributed by atoms with Gasteiger partial charge in [-0.1, -0.05) is 176 Å². The Morgan fingerprint density at radius 2 is 0.938 bits per heavy atom. The van der Waals surface area contributed by atoms with Crippen LogP contribution in [0.4, 0.5) is 0 Å². The highest BCUT2D eigenvalue weighted by Gasteiger charge is 2.19. The van der Waals surface area contributed by atoms with E-state index in [4.69, 9.17) is 15.0 Å². The van der Waals surface area contributed by atoms with Gasteiger partial charge >= 0.3 is 0 Å². The van der Waals surface area contributed by atoms with E-state index in [0.29, 0.717) is 5.82 Å². The van der Waals surface area contributed by atoms with Crippen molar-refractivity contribution >= 4 is 75.0 Å². The zero-order chi connectivity index (χ0) is 42.1. The number of aromatic nitrogens is 4. The molecule has 0 saturated heterocycles. The molecule has 0 saturated carbocycles. The molecule has 64 heavy (non-hydrogen) atoms. The average molecular weight is 833 g/mol. The first-order valence-corrected chi connectivity index (χ1v) is 22.4. The summed E-state index contributed by atoms with van der Waals surface area (Å²) in [7, 11) is 0. The summed E-state index contributed by atoms with van der Waals surface area (Å²) < 4.78 is 4.91. The molecule has 0 radical (unpaired) electrons. The summed E-state index contributed by atoms with van der Waals surface area (Å²) >= 11 is 1.88. The van der Waals surface area contributed by atoms with Crippen molar-refractivity contribution in [1.29, 1.82) is 0 Å². The van der Waals surface area contributed by atoms with E-state index in [1.807, 2.05) is 29.5 Å². The van der Waals surface area contributed by atoms with E-state index in [1.165, 1.54) is 63.7 Å². The summed E-state index contributed by atoms with van der Waals surface area (Å²) in [5.41, 5.74) is 13.8. The molecular weight excluding hydrogens is 797 g/mol. The number of para-hydroxylation sites is 3. The molecule has 0 atom stereocenters. The quantitative estimate of drug-likeness (QED) is 0.157. The lowest BCUT2D eigenvalue weighted by atomic mass is 9.97. The van der Waals surface area contributed by atoms with E-state index in [-0.39, 0.29) is 0 Å². The van der Waals surface area contributed by atoms with E-state index in [9.17, 15) is 0 Å². The number of nitrogens with zero attached hydrogens (tertiary/aromatic N) is 4. The van der Waals surface area contributed by atoms with E-state index < -0.39 is 0 Å². The van der Waals surface area contributed by atoms with E-state index in [0.717, 1.165) is 56.1 Å². The van der Waals surface area contributed by atoms with Crippen molar-refractivity contribution in [2.75, 3.05) is 0 Å². The lowest BCUT2D eigenvalue weighted by Crippen LogP contribution is -1.96. The van der Waals surface area contributed by atoms with Crippen LogP contribution in [0.1, 0.15) is 0 Å². The molecule has 0 aliphatic rings. The van der Waals surface area contributed by atoms with Crippen molar-refractivity contribution < 1.29 is 0 Å². The van der Waals surface area contributed by atoms with Gasteiger partial charge in [-0.15, -0.1) is 11.3 Å². The van der Waals surface area contributed by atoms with Crippen LogP contribution in [-0.4, -0.2) is 19.5 Å². The molecule has 0 spiro atoms. The van der Waals surface area contributed by atoms with Crippen LogP contribution in [0.15, 0.2) is 218 Å². The van der Waals surface area contributed by atoms with Crippen molar-refractivity contribution in [2.24, 2.45) is 0 Å². The number of hydrogen-bond donors (Lipinski definition) is 0. The zero-order valence-electron chi connectivity index (χ0n) is 34.5. The van der Waals surface area contributed by atoms with Crippen LogP contribution in [-0.2, 0) is 0 Å². The molecule has 4 aromatic heterocycles. The van der Waals surface area contributed by atoms with Gasteiger partial charge in [0.1, 0.15) is 0 Å². The minimum atomic E-state index is 0.699. The number of fused-ring (bicyclic) bond motifs is 10. The molecule has 5 heteroatoms. The standard InChI is InChI=1S/C59H36N4S/c1-4-15-39(16-5-1)56-48-33-32-46-45-24-14-23-43(57(45)64-58(46)55(48)47-22-10-12-25-50(47)60-56)37-27-29-38(30-28-37)51-36-52(62-59(61-51)40-17-6-2-7-18-40)41-31-34-54-49(35-41)44-21-11-13-26-53(44)63(54)42-19-8-3-9-20-42/h1-36H. The van der Waals surface area contributed by atoms with Gasteiger partial charge in [0.25, 0.3) is 0 Å². The Hall–Kier alpha value is -8.25. The fraction of sp³-hybridized carbons (Fsp3) is 0. The summed E-state index contributed by atoms with van der Waals surface area (Å²) in [5, 5.41) is 8.55. The van der Waals surface area contributed by atoms with Crippen molar-refractivity contribution in [3.63, 3.8) is 0 Å². The van der Waals surface area contributed by atoms with Gasteiger partial charge < -0.3 is 4.57 Å². The van der Waals surface area contributed by atoms with Gasteiger partial charge in [-0.05, 0) is 53.6 Å². The molecule has 4 nitrogen and oxygen atoms in total. The SMILES string of the molecule is c1ccc(-c2nc(-c3ccc(-c4cccc5c4sc4c5ccc5c(-c6ccccc6)nc6ccccc6c54)cc3)cc(-c3ccc4c(c3)c3ccccc3n4-c3ccccc3)n2)cc1. The molecular formula is C59H36N4S. The molecule has 298 valence electrons. The number of hydrogen-bond acceptors (Lipinski definition) is 4. The fourth-order valence-electron chi connectivity index (χ4n) is 9.60. The highest BCUT2D eigenvalue weighted by Crippen LogP contribution is 2.46. The highest BCUT2D eigenvalue weighted by molar-refractivity contribution is 7.27. The third-order valence-electron chi connectivity index (χ3n) is 12.6. The first-order chi connectivity index (χ1) is 31.7. The van der Waals surface area contributed by atoms with Gasteiger partial charge in [-0.25, -0.2) is 15.0 Å². The van der Waals surface area contributed by atoms with Crippen molar-refractivity contribution in [2.45, 2.75) is 0 Å². The summed E-state index contributed by atoms with van der Waals surface area (Å²) in [5.74, 6) is 0.699. The van der Waals surface area contributed by atoms with Crippen LogP contribution in [0.3, 0.4) is 0 Å². The van der Waals surface area contributed by atoms with Crippen LogP contribution >= 0.6 is 11.3 Å². The van der Waals surface area contributed by atoms with Crippen molar-refractivity contribution in [3.8, 4) is 62.0 Å². The maximum Gasteiger partial charge on any atom is 0.160 e. The minimum Gasteiger partial charge on any atom is -0.309 e. The normalized spacial score (nSPS) is 11.8. The minimum absolute atomic E-state index is 0.699. The number of thiophene rings is 1. The molecule has 0 fully saturated rings. The summed E-state index contributed by atoms with van der Waals surface area (Å²) in [6, 6.07) is 77.7. The number of rotatable bonds is 6. The first-order valence-electron chi connectivity index (χ1n) is 21.6. The number of pyridine rings is 1. The molecule has 13 aromatic rings. The van der Waals surface area contributed by atoms with Crippen molar-refractivity contribution in [3.05, 3.63) is 218 Å². The van der Waals surface area contributed by atoms with Crippen LogP contribution in [0.2, 0.25) is 0 Å². The Morgan fingerprint density at radius 3 is 1.73 bits per heavy atom. The second-order valence-corrected chi connectivity index (χ2v) is 17.3. The van der Waals surface area contributed by atoms with Gasteiger partial charge in [0.2, 0.25) is 0 Å². The molecule has 13 rings (SSSR count). The van der Waals surface area contributed by atoms with Gasteiger partial charge in [0.15, 0.2) is 5.82 Å². The molecule has 9 aromatic carbocycles. The lowest BCUT2D eigenvalue weighted by molar-refractivity contribution is 1.18. The molecule has 0 amide bonds. The van der Waals surface area contributed by atoms with Crippen molar-refractivity contribution in [1.82, 2.24) is 19.5 Å².